The monoisotopic (exact) mass is 298 g/mol. The van der Waals surface area contributed by atoms with Crippen LogP contribution < -0.4 is 10.2 Å². The van der Waals surface area contributed by atoms with Crippen molar-refractivity contribution in [3.05, 3.63) is 57.5 Å². The molecule has 5 nitrogen and oxygen atoms in total. The number of benzene rings is 1. The van der Waals surface area contributed by atoms with Gasteiger partial charge in [0.1, 0.15) is 0 Å². The zero-order valence-electron chi connectivity index (χ0n) is 9.98. The summed E-state index contributed by atoms with van der Waals surface area (Å²) in [5.41, 5.74) is 0.504. The molecule has 0 radical (unpaired) electrons. The van der Waals surface area contributed by atoms with Crippen molar-refractivity contribution in [3.63, 3.8) is 0 Å². The Balaban J connectivity index is 2.45. The van der Waals surface area contributed by atoms with Gasteiger partial charge in [0.15, 0.2) is 4.90 Å². The van der Waals surface area contributed by atoms with Gasteiger partial charge in [-0.2, -0.15) is 0 Å². The SMILES string of the molecule is Cc1ccc(Cl)c(NS(=O)(=O)c2c[nH]ccc2=O)c1. The second kappa shape index (κ2) is 5.07. The van der Waals surface area contributed by atoms with Crippen LogP contribution in [-0.2, 0) is 10.0 Å². The molecule has 1 heterocycles. The van der Waals surface area contributed by atoms with Gasteiger partial charge in [-0.25, -0.2) is 8.42 Å². The molecule has 0 saturated carbocycles. The molecule has 0 aliphatic rings. The van der Waals surface area contributed by atoms with E-state index in [2.05, 4.69) is 9.71 Å². The van der Waals surface area contributed by atoms with E-state index in [1.807, 2.05) is 6.92 Å². The molecule has 0 aliphatic heterocycles. The molecule has 0 saturated heterocycles. The number of halogens is 1. The number of anilines is 1. The first-order valence-corrected chi connectivity index (χ1v) is 7.22. The molecule has 0 fully saturated rings. The number of aromatic nitrogens is 1. The average Bonchev–Trinajstić information content (AvgIpc) is 2.34. The fourth-order valence-corrected chi connectivity index (χ4v) is 2.87. The minimum atomic E-state index is -3.96. The van der Waals surface area contributed by atoms with E-state index in [1.54, 1.807) is 18.2 Å². The second-order valence-electron chi connectivity index (χ2n) is 3.96. The first kappa shape index (κ1) is 13.6. The highest BCUT2D eigenvalue weighted by molar-refractivity contribution is 7.92. The maximum Gasteiger partial charge on any atom is 0.267 e. The molecule has 2 aromatic rings. The number of hydrogen-bond donors (Lipinski definition) is 2. The van der Waals surface area contributed by atoms with E-state index in [0.29, 0.717) is 0 Å². The Morgan fingerprint density at radius 1 is 1.26 bits per heavy atom. The molecule has 0 atom stereocenters. The predicted octanol–water partition coefficient (Wildman–Crippen LogP) is 2.14. The van der Waals surface area contributed by atoms with Crippen molar-refractivity contribution in [2.75, 3.05) is 4.72 Å². The van der Waals surface area contributed by atoms with Gasteiger partial charge in [-0.3, -0.25) is 9.52 Å². The van der Waals surface area contributed by atoms with Crippen molar-refractivity contribution in [2.24, 2.45) is 0 Å². The summed E-state index contributed by atoms with van der Waals surface area (Å²) in [6.45, 7) is 1.81. The quantitative estimate of drug-likeness (QED) is 0.911. The van der Waals surface area contributed by atoms with Gasteiger partial charge in [-0.15, -0.1) is 0 Å². The van der Waals surface area contributed by atoms with E-state index in [1.165, 1.54) is 6.20 Å². The maximum absolute atomic E-state index is 12.1. The van der Waals surface area contributed by atoms with Crippen LogP contribution in [0.2, 0.25) is 5.02 Å². The van der Waals surface area contributed by atoms with Crippen molar-refractivity contribution in [3.8, 4) is 0 Å². The van der Waals surface area contributed by atoms with Gasteiger partial charge < -0.3 is 4.98 Å². The van der Waals surface area contributed by atoms with Crippen LogP contribution in [0.5, 0.6) is 0 Å². The molecule has 100 valence electrons. The Kier molecular flexibility index (Phi) is 3.64. The van der Waals surface area contributed by atoms with Crippen molar-refractivity contribution in [1.29, 1.82) is 0 Å². The Bertz CT molecular complexity index is 769. The molecular weight excluding hydrogens is 288 g/mol. The van der Waals surface area contributed by atoms with Crippen LogP contribution in [0.15, 0.2) is 46.3 Å². The minimum absolute atomic E-state index is 0.241. The topological polar surface area (TPSA) is 79.0 Å². The third-order valence-corrected chi connectivity index (χ3v) is 4.16. The second-order valence-corrected chi connectivity index (χ2v) is 6.02. The van der Waals surface area contributed by atoms with Gasteiger partial charge in [-0.05, 0) is 24.6 Å². The highest BCUT2D eigenvalue weighted by Crippen LogP contribution is 2.24. The molecule has 0 amide bonds. The first-order valence-electron chi connectivity index (χ1n) is 5.36. The fraction of sp³-hybridized carbons (Fsp3) is 0.0833. The van der Waals surface area contributed by atoms with Crippen LogP contribution in [0, 0.1) is 6.92 Å². The Morgan fingerprint density at radius 3 is 2.68 bits per heavy atom. The zero-order chi connectivity index (χ0) is 14.0. The van der Waals surface area contributed by atoms with Crippen LogP contribution >= 0.6 is 11.6 Å². The fourth-order valence-electron chi connectivity index (χ4n) is 1.53. The van der Waals surface area contributed by atoms with Gasteiger partial charge in [0.2, 0.25) is 5.43 Å². The molecule has 0 spiro atoms. The van der Waals surface area contributed by atoms with Crippen LogP contribution in [-0.4, -0.2) is 13.4 Å². The number of aryl methyl sites for hydroxylation is 1. The molecule has 1 aromatic heterocycles. The molecule has 2 N–H and O–H groups in total. The minimum Gasteiger partial charge on any atom is -0.366 e. The molecule has 19 heavy (non-hydrogen) atoms. The summed E-state index contributed by atoms with van der Waals surface area (Å²) >= 11 is 5.92. The normalized spacial score (nSPS) is 11.3. The number of aromatic amines is 1. The maximum atomic E-state index is 12.1. The molecule has 0 unspecified atom stereocenters. The van der Waals surface area contributed by atoms with Gasteiger partial charge in [0, 0.05) is 18.5 Å². The number of rotatable bonds is 3. The summed E-state index contributed by atoms with van der Waals surface area (Å²) in [6, 6.07) is 6.09. The Hall–Kier alpha value is -1.79. The number of hydrogen-bond acceptors (Lipinski definition) is 3. The summed E-state index contributed by atoms with van der Waals surface area (Å²) in [5, 5.41) is 0.265. The molecular formula is C12H11ClN2O3S. The van der Waals surface area contributed by atoms with E-state index in [-0.39, 0.29) is 15.6 Å². The van der Waals surface area contributed by atoms with Crippen LogP contribution in [0.25, 0.3) is 0 Å². The van der Waals surface area contributed by atoms with Crippen molar-refractivity contribution in [2.45, 2.75) is 11.8 Å². The highest BCUT2D eigenvalue weighted by atomic mass is 35.5. The summed E-state index contributed by atoms with van der Waals surface area (Å²) in [4.78, 5) is 13.7. The zero-order valence-corrected chi connectivity index (χ0v) is 11.5. The molecule has 0 aliphatic carbocycles. The van der Waals surface area contributed by atoms with E-state index in [0.717, 1.165) is 17.8 Å². The van der Waals surface area contributed by atoms with E-state index < -0.39 is 15.5 Å². The van der Waals surface area contributed by atoms with Gasteiger partial charge in [-0.1, -0.05) is 17.7 Å². The number of sulfonamides is 1. The molecule has 2 rings (SSSR count). The lowest BCUT2D eigenvalue weighted by atomic mass is 10.2. The van der Waals surface area contributed by atoms with Crippen molar-refractivity contribution < 1.29 is 8.42 Å². The molecule has 1 aromatic carbocycles. The number of H-pyrrole nitrogens is 1. The van der Waals surface area contributed by atoms with E-state index in [4.69, 9.17) is 11.6 Å². The van der Waals surface area contributed by atoms with Crippen molar-refractivity contribution >= 4 is 27.3 Å². The lowest BCUT2D eigenvalue weighted by Gasteiger charge is -2.09. The third-order valence-electron chi connectivity index (χ3n) is 2.44. The highest BCUT2D eigenvalue weighted by Gasteiger charge is 2.18. The Labute approximate surface area is 115 Å². The Morgan fingerprint density at radius 2 is 2.00 bits per heavy atom. The predicted molar refractivity (Wildman–Crippen MR) is 74.1 cm³/mol. The van der Waals surface area contributed by atoms with Gasteiger partial charge >= 0.3 is 0 Å². The van der Waals surface area contributed by atoms with Gasteiger partial charge in [0.25, 0.3) is 10.0 Å². The molecule has 7 heteroatoms. The standard InChI is InChI=1S/C12H11ClN2O3S/c1-8-2-3-9(13)10(6-8)15-19(17,18)12-7-14-5-4-11(12)16/h2-7,15H,1H3,(H,14,16). The lowest BCUT2D eigenvalue weighted by molar-refractivity contribution is 0.600. The van der Waals surface area contributed by atoms with Crippen LogP contribution in [0.3, 0.4) is 0 Å². The van der Waals surface area contributed by atoms with E-state index in [9.17, 15) is 13.2 Å². The smallest absolute Gasteiger partial charge is 0.267 e. The summed E-state index contributed by atoms with van der Waals surface area (Å²) < 4.78 is 26.5. The molecule has 0 bridgehead atoms. The average molecular weight is 299 g/mol. The van der Waals surface area contributed by atoms with Gasteiger partial charge in [0.05, 0.1) is 10.7 Å². The van der Waals surface area contributed by atoms with E-state index >= 15 is 0 Å². The summed E-state index contributed by atoms with van der Waals surface area (Å²) in [7, 11) is -3.96. The lowest BCUT2D eigenvalue weighted by Crippen LogP contribution is -2.21. The first-order chi connectivity index (χ1) is 8.90. The van der Waals surface area contributed by atoms with Crippen LogP contribution in [0.1, 0.15) is 5.56 Å². The summed E-state index contributed by atoms with van der Waals surface area (Å²) in [6.07, 6.45) is 2.50. The van der Waals surface area contributed by atoms with Crippen LogP contribution in [0.4, 0.5) is 5.69 Å². The number of pyridine rings is 1. The number of nitrogens with one attached hydrogen (secondary N) is 2. The largest absolute Gasteiger partial charge is 0.366 e. The van der Waals surface area contributed by atoms with Crippen molar-refractivity contribution in [1.82, 2.24) is 4.98 Å². The third kappa shape index (κ3) is 2.97. The summed E-state index contributed by atoms with van der Waals surface area (Å²) in [5.74, 6) is 0.